The van der Waals surface area contributed by atoms with Crippen molar-refractivity contribution in [2.45, 2.75) is 32.4 Å². The summed E-state index contributed by atoms with van der Waals surface area (Å²) in [5, 5.41) is 13.9. The van der Waals surface area contributed by atoms with Crippen LogP contribution in [0.3, 0.4) is 0 Å². The summed E-state index contributed by atoms with van der Waals surface area (Å²) in [6.45, 7) is 2.45. The minimum Gasteiger partial charge on any atom is -0.347 e. The van der Waals surface area contributed by atoms with Gasteiger partial charge in [-0.25, -0.2) is 15.0 Å². The summed E-state index contributed by atoms with van der Waals surface area (Å²) in [5.41, 5.74) is 4.50. The number of carbonyl (C=O) groups is 2. The van der Waals surface area contributed by atoms with Gasteiger partial charge in [-0.2, -0.15) is 5.10 Å². The number of nitrogens with one attached hydrogen (secondary N) is 3. The third kappa shape index (κ3) is 4.70. The summed E-state index contributed by atoms with van der Waals surface area (Å²) in [4.78, 5) is 39.4. The highest BCUT2D eigenvalue weighted by Gasteiger charge is 2.26. The molecule has 3 N–H and O–H groups in total. The van der Waals surface area contributed by atoms with Crippen LogP contribution in [0.1, 0.15) is 55.0 Å². The molecule has 0 spiro atoms. The summed E-state index contributed by atoms with van der Waals surface area (Å²) in [6.07, 6.45) is 4.35. The lowest BCUT2D eigenvalue weighted by Gasteiger charge is -2.14. The lowest BCUT2D eigenvalue weighted by Crippen LogP contribution is -2.29. The third-order valence-electron chi connectivity index (χ3n) is 6.51. The number of carbonyl (C=O) groups excluding carboxylic acids is 2. The molecule has 184 valence electrons. The quantitative estimate of drug-likeness (QED) is 0.316. The van der Waals surface area contributed by atoms with Crippen LogP contribution >= 0.6 is 11.3 Å². The van der Waals surface area contributed by atoms with E-state index in [-0.39, 0.29) is 29.2 Å². The first kappa shape index (κ1) is 23.0. The molecule has 2 aromatic carbocycles. The molecule has 0 saturated carbocycles. The number of nitrogens with zero attached hydrogens (tertiary/aromatic N) is 4. The zero-order chi connectivity index (χ0) is 25.4. The van der Waals surface area contributed by atoms with Crippen LogP contribution in [-0.2, 0) is 13.0 Å². The van der Waals surface area contributed by atoms with Crippen LogP contribution < -0.4 is 10.6 Å². The lowest BCUT2D eigenvalue weighted by molar-refractivity contribution is 0.0931. The van der Waals surface area contributed by atoms with E-state index in [0.29, 0.717) is 12.4 Å². The highest BCUT2D eigenvalue weighted by atomic mass is 32.1. The number of aromatic amines is 1. The van der Waals surface area contributed by atoms with Gasteiger partial charge in [0.25, 0.3) is 11.8 Å². The molecular weight excluding hydrogens is 486 g/mol. The lowest BCUT2D eigenvalue weighted by atomic mass is 10.0. The normalized spacial score (nSPS) is 14.5. The van der Waals surface area contributed by atoms with Crippen molar-refractivity contribution in [3.63, 3.8) is 0 Å². The molecule has 0 aliphatic heterocycles. The number of hydrogen-bond donors (Lipinski definition) is 3. The summed E-state index contributed by atoms with van der Waals surface area (Å²) < 4.78 is 1.19. The second kappa shape index (κ2) is 9.55. The van der Waals surface area contributed by atoms with Gasteiger partial charge in [0, 0.05) is 27.8 Å². The van der Waals surface area contributed by atoms with Crippen LogP contribution in [0.25, 0.3) is 21.5 Å². The standard InChI is InChI=1S/C27H23N7O2S/c1-15-8-18-3-2-16(9-24(18)37-15)12-28-26(35)22-11-23(30-13-29-22)27(36)33-21-7-5-17-10-19(4-6-20(17)21)25-31-14-32-34-25/h2-4,6,8-11,13-14,21H,5,7,12H2,1H3,(H,28,35)(H,33,36)(H,31,32,34)/t21-/m0/s1. The van der Waals surface area contributed by atoms with E-state index in [2.05, 4.69) is 67.0 Å². The predicted molar refractivity (Wildman–Crippen MR) is 140 cm³/mol. The summed E-state index contributed by atoms with van der Waals surface area (Å²) in [5.74, 6) is 0.0152. The minimum atomic E-state index is -0.356. The fourth-order valence-corrected chi connectivity index (χ4v) is 5.68. The van der Waals surface area contributed by atoms with Crippen molar-refractivity contribution in [1.29, 1.82) is 0 Å². The number of H-pyrrole nitrogens is 1. The van der Waals surface area contributed by atoms with Gasteiger partial charge in [-0.15, -0.1) is 11.3 Å². The Morgan fingerprint density at radius 1 is 1.00 bits per heavy atom. The Morgan fingerprint density at radius 2 is 1.86 bits per heavy atom. The zero-order valence-electron chi connectivity index (χ0n) is 20.0. The maximum Gasteiger partial charge on any atom is 0.270 e. The van der Waals surface area contributed by atoms with Gasteiger partial charge < -0.3 is 10.6 Å². The number of aromatic nitrogens is 5. The van der Waals surface area contributed by atoms with Crippen molar-refractivity contribution in [2.24, 2.45) is 0 Å². The fourth-order valence-electron chi connectivity index (χ4n) is 4.69. The Bertz CT molecular complexity index is 1630. The average molecular weight is 510 g/mol. The summed E-state index contributed by atoms with van der Waals surface area (Å²) >= 11 is 1.73. The van der Waals surface area contributed by atoms with E-state index in [0.717, 1.165) is 35.1 Å². The molecule has 0 saturated heterocycles. The Balaban J connectivity index is 1.11. The first-order valence-corrected chi connectivity index (χ1v) is 12.7. The largest absolute Gasteiger partial charge is 0.347 e. The molecule has 10 heteroatoms. The van der Waals surface area contributed by atoms with E-state index in [1.807, 2.05) is 18.2 Å². The second-order valence-electron chi connectivity index (χ2n) is 9.01. The molecule has 1 aliphatic rings. The van der Waals surface area contributed by atoms with Crippen LogP contribution in [0, 0.1) is 6.92 Å². The van der Waals surface area contributed by atoms with Gasteiger partial charge in [0.2, 0.25) is 0 Å². The van der Waals surface area contributed by atoms with E-state index in [1.54, 1.807) is 11.3 Å². The van der Waals surface area contributed by atoms with Crippen LogP contribution in [0.4, 0.5) is 0 Å². The SMILES string of the molecule is Cc1cc2ccc(CNC(=O)c3cc(C(=O)N[C@H]4CCc5cc(-c6ncn[nH]6)ccc54)ncn3)cc2s1. The van der Waals surface area contributed by atoms with Gasteiger partial charge in [0.05, 0.1) is 6.04 Å². The number of benzene rings is 2. The first-order chi connectivity index (χ1) is 18.0. The molecule has 0 unspecified atom stereocenters. The van der Waals surface area contributed by atoms with Gasteiger partial charge in [0.15, 0.2) is 5.82 Å². The smallest absolute Gasteiger partial charge is 0.270 e. The van der Waals surface area contributed by atoms with Crippen molar-refractivity contribution >= 4 is 33.2 Å². The first-order valence-electron chi connectivity index (χ1n) is 11.9. The van der Waals surface area contributed by atoms with Crippen molar-refractivity contribution in [3.05, 3.63) is 94.1 Å². The number of amides is 2. The van der Waals surface area contributed by atoms with Gasteiger partial charge in [-0.05, 0) is 60.0 Å². The second-order valence-corrected chi connectivity index (χ2v) is 10.3. The van der Waals surface area contributed by atoms with Crippen LogP contribution in [-0.4, -0.2) is 37.0 Å². The molecule has 3 heterocycles. The van der Waals surface area contributed by atoms with E-state index >= 15 is 0 Å². The van der Waals surface area contributed by atoms with Gasteiger partial charge in [-0.3, -0.25) is 14.7 Å². The Morgan fingerprint density at radius 3 is 2.70 bits per heavy atom. The van der Waals surface area contributed by atoms with Crippen molar-refractivity contribution < 1.29 is 9.59 Å². The number of aryl methyl sites for hydroxylation is 2. The number of thiophene rings is 1. The Kier molecular flexibility index (Phi) is 5.93. The number of rotatable bonds is 6. The molecule has 0 fully saturated rings. The molecule has 1 aliphatic carbocycles. The fraction of sp³-hybridized carbons (Fsp3) is 0.185. The number of hydrogen-bond acceptors (Lipinski definition) is 7. The predicted octanol–water partition coefficient (Wildman–Crippen LogP) is 4.13. The van der Waals surface area contributed by atoms with Gasteiger partial charge >= 0.3 is 0 Å². The van der Waals surface area contributed by atoms with Crippen molar-refractivity contribution in [2.75, 3.05) is 0 Å². The molecule has 3 aromatic heterocycles. The van der Waals surface area contributed by atoms with E-state index in [1.165, 1.54) is 33.7 Å². The van der Waals surface area contributed by atoms with Crippen LogP contribution in [0.5, 0.6) is 0 Å². The molecule has 1 atom stereocenters. The topological polar surface area (TPSA) is 126 Å². The average Bonchev–Trinajstić information content (AvgIpc) is 3.66. The summed E-state index contributed by atoms with van der Waals surface area (Å²) in [6, 6.07) is 15.6. The van der Waals surface area contributed by atoms with Gasteiger partial charge in [-0.1, -0.05) is 24.3 Å². The highest BCUT2D eigenvalue weighted by molar-refractivity contribution is 7.19. The van der Waals surface area contributed by atoms with Crippen LogP contribution in [0.15, 0.2) is 61.2 Å². The zero-order valence-corrected chi connectivity index (χ0v) is 20.8. The monoisotopic (exact) mass is 509 g/mol. The molecule has 5 aromatic rings. The Hall–Kier alpha value is -4.44. The number of fused-ring (bicyclic) bond motifs is 2. The van der Waals surface area contributed by atoms with Crippen LogP contribution in [0.2, 0.25) is 0 Å². The van der Waals surface area contributed by atoms with Crippen molar-refractivity contribution in [1.82, 2.24) is 35.8 Å². The van der Waals surface area contributed by atoms with E-state index < -0.39 is 0 Å². The molecule has 2 amide bonds. The van der Waals surface area contributed by atoms with E-state index in [9.17, 15) is 9.59 Å². The van der Waals surface area contributed by atoms with E-state index in [4.69, 9.17) is 0 Å². The van der Waals surface area contributed by atoms with Crippen molar-refractivity contribution in [3.8, 4) is 11.4 Å². The molecule has 37 heavy (non-hydrogen) atoms. The molecular formula is C27H23N7O2S. The third-order valence-corrected chi connectivity index (χ3v) is 7.52. The van der Waals surface area contributed by atoms with Gasteiger partial charge in [0.1, 0.15) is 24.0 Å². The minimum absolute atomic E-state index is 0.130. The summed E-state index contributed by atoms with van der Waals surface area (Å²) in [7, 11) is 0. The molecule has 0 bridgehead atoms. The molecule has 0 radical (unpaired) electrons. The molecule has 6 rings (SSSR count). The highest BCUT2D eigenvalue weighted by Crippen LogP contribution is 2.33. The Labute approximate surface area is 216 Å². The maximum absolute atomic E-state index is 13.0. The maximum atomic E-state index is 13.0. The molecule has 9 nitrogen and oxygen atoms in total.